The third-order valence-corrected chi connectivity index (χ3v) is 2.36. The van der Waals surface area contributed by atoms with E-state index in [-0.39, 0.29) is 0 Å². The molecule has 0 N–H and O–H groups in total. The summed E-state index contributed by atoms with van der Waals surface area (Å²) in [7, 11) is -3.59. The number of rotatable bonds is 2. The Morgan fingerprint density at radius 2 is 1.64 bits per heavy atom. The van der Waals surface area contributed by atoms with Crippen LogP contribution in [0.2, 0.25) is 0 Å². The SMILES string of the molecule is CS(=O)(=O)Cc1c(F)ccc(F)c1F. The fourth-order valence-corrected chi connectivity index (χ4v) is 1.75. The minimum atomic E-state index is -3.59. The molecule has 0 aliphatic rings. The molecule has 1 aromatic carbocycles. The number of halogens is 3. The van der Waals surface area contributed by atoms with Gasteiger partial charge in [-0.25, -0.2) is 21.6 Å². The fourth-order valence-electron chi connectivity index (χ4n) is 0.964. The van der Waals surface area contributed by atoms with E-state index < -0.39 is 38.6 Å². The van der Waals surface area contributed by atoms with Crippen molar-refractivity contribution in [3.05, 3.63) is 35.1 Å². The van der Waals surface area contributed by atoms with E-state index >= 15 is 0 Å². The number of hydrogen-bond acceptors (Lipinski definition) is 2. The molecule has 6 heteroatoms. The molecule has 78 valence electrons. The normalized spacial score (nSPS) is 11.7. The second-order valence-electron chi connectivity index (χ2n) is 2.89. The molecule has 0 radical (unpaired) electrons. The summed E-state index contributed by atoms with van der Waals surface area (Å²) in [5.74, 6) is -4.61. The summed E-state index contributed by atoms with van der Waals surface area (Å²) < 4.78 is 59.9. The Kier molecular flexibility index (Phi) is 2.84. The van der Waals surface area contributed by atoms with Crippen LogP contribution in [-0.2, 0) is 15.6 Å². The van der Waals surface area contributed by atoms with Crippen molar-refractivity contribution in [3.8, 4) is 0 Å². The Morgan fingerprint density at radius 1 is 1.14 bits per heavy atom. The van der Waals surface area contributed by atoms with E-state index in [0.29, 0.717) is 12.1 Å². The summed E-state index contributed by atoms with van der Waals surface area (Å²) in [5.41, 5.74) is -0.757. The van der Waals surface area contributed by atoms with Crippen molar-refractivity contribution in [2.45, 2.75) is 5.75 Å². The van der Waals surface area contributed by atoms with Crippen LogP contribution >= 0.6 is 0 Å². The molecule has 0 spiro atoms. The zero-order chi connectivity index (χ0) is 10.9. The maximum absolute atomic E-state index is 12.9. The highest BCUT2D eigenvalue weighted by atomic mass is 32.2. The monoisotopic (exact) mass is 224 g/mol. The Hall–Kier alpha value is -1.04. The molecule has 14 heavy (non-hydrogen) atoms. The van der Waals surface area contributed by atoms with Gasteiger partial charge in [-0.15, -0.1) is 0 Å². The summed E-state index contributed by atoms with van der Waals surface area (Å²) in [4.78, 5) is 0. The van der Waals surface area contributed by atoms with Crippen molar-refractivity contribution < 1.29 is 21.6 Å². The summed E-state index contributed by atoms with van der Waals surface area (Å²) >= 11 is 0. The van der Waals surface area contributed by atoms with Gasteiger partial charge in [0.05, 0.1) is 5.75 Å². The molecule has 0 fully saturated rings. The lowest BCUT2D eigenvalue weighted by atomic mass is 10.2. The molecule has 2 nitrogen and oxygen atoms in total. The molecule has 0 aromatic heterocycles. The highest BCUT2D eigenvalue weighted by molar-refractivity contribution is 7.89. The largest absolute Gasteiger partial charge is 0.229 e. The topological polar surface area (TPSA) is 34.1 Å². The average molecular weight is 224 g/mol. The van der Waals surface area contributed by atoms with Gasteiger partial charge in [-0.3, -0.25) is 0 Å². The standard InChI is InChI=1S/C8H7F3O2S/c1-14(12,13)4-5-6(9)2-3-7(10)8(5)11/h2-3H,4H2,1H3. The van der Waals surface area contributed by atoms with Gasteiger partial charge >= 0.3 is 0 Å². The van der Waals surface area contributed by atoms with E-state index in [1.165, 1.54) is 0 Å². The molecular weight excluding hydrogens is 217 g/mol. The Bertz CT molecular complexity index is 454. The lowest BCUT2D eigenvalue weighted by Gasteiger charge is -2.03. The second kappa shape index (κ2) is 3.61. The average Bonchev–Trinajstić information content (AvgIpc) is 2.04. The molecule has 0 bridgehead atoms. The molecule has 0 amide bonds. The quantitative estimate of drug-likeness (QED) is 0.716. The van der Waals surface area contributed by atoms with Crippen LogP contribution in [0.25, 0.3) is 0 Å². The fraction of sp³-hybridized carbons (Fsp3) is 0.250. The highest BCUT2D eigenvalue weighted by Gasteiger charge is 2.17. The van der Waals surface area contributed by atoms with Gasteiger partial charge in [-0.05, 0) is 12.1 Å². The molecule has 0 unspecified atom stereocenters. The highest BCUT2D eigenvalue weighted by Crippen LogP contribution is 2.17. The minimum Gasteiger partial charge on any atom is -0.229 e. The van der Waals surface area contributed by atoms with Gasteiger partial charge in [0.1, 0.15) is 5.82 Å². The van der Waals surface area contributed by atoms with Gasteiger partial charge in [-0.1, -0.05) is 0 Å². The van der Waals surface area contributed by atoms with Crippen molar-refractivity contribution in [1.29, 1.82) is 0 Å². The predicted octanol–water partition coefficient (Wildman–Crippen LogP) is 1.65. The molecule has 0 atom stereocenters. The van der Waals surface area contributed by atoms with Crippen molar-refractivity contribution in [2.75, 3.05) is 6.26 Å². The summed E-state index contributed by atoms with van der Waals surface area (Å²) in [6.07, 6.45) is 0.816. The van der Waals surface area contributed by atoms with Crippen LogP contribution in [0.3, 0.4) is 0 Å². The van der Waals surface area contributed by atoms with Crippen molar-refractivity contribution in [2.24, 2.45) is 0 Å². The van der Waals surface area contributed by atoms with Gasteiger partial charge in [0.2, 0.25) is 0 Å². The molecule has 0 saturated carbocycles. The summed E-state index contributed by atoms with van der Waals surface area (Å²) in [5, 5.41) is 0. The van der Waals surface area contributed by atoms with Crippen LogP contribution in [0.15, 0.2) is 12.1 Å². The van der Waals surface area contributed by atoms with Crippen LogP contribution in [0, 0.1) is 17.5 Å². The van der Waals surface area contributed by atoms with E-state index in [9.17, 15) is 21.6 Å². The number of sulfone groups is 1. The third kappa shape index (κ3) is 2.47. The zero-order valence-corrected chi connectivity index (χ0v) is 8.04. The maximum atomic E-state index is 12.9. The van der Waals surface area contributed by atoms with Gasteiger partial charge in [0.15, 0.2) is 21.5 Å². The third-order valence-electron chi connectivity index (χ3n) is 1.55. The van der Waals surface area contributed by atoms with Crippen molar-refractivity contribution in [3.63, 3.8) is 0 Å². The van der Waals surface area contributed by atoms with Gasteiger partial charge < -0.3 is 0 Å². The predicted molar refractivity (Wildman–Crippen MR) is 44.9 cm³/mol. The number of hydrogen-bond donors (Lipinski definition) is 0. The summed E-state index contributed by atoms with van der Waals surface area (Å²) in [6, 6.07) is 1.30. The first-order chi connectivity index (χ1) is 6.31. The first-order valence-corrected chi connectivity index (χ1v) is 5.67. The molecule has 0 heterocycles. The molecule has 1 aromatic rings. The Balaban J connectivity index is 3.27. The van der Waals surface area contributed by atoms with E-state index in [4.69, 9.17) is 0 Å². The number of benzene rings is 1. The van der Waals surface area contributed by atoms with Crippen molar-refractivity contribution in [1.82, 2.24) is 0 Å². The molecule has 1 rings (SSSR count). The smallest absolute Gasteiger partial charge is 0.165 e. The molecule has 0 aliphatic carbocycles. The Labute approximate surface area is 79.3 Å². The molecular formula is C8H7F3O2S. The van der Waals surface area contributed by atoms with Crippen LogP contribution in [0.1, 0.15) is 5.56 Å². The molecule has 0 saturated heterocycles. The first kappa shape index (κ1) is 11.0. The minimum absolute atomic E-state index is 0.608. The zero-order valence-electron chi connectivity index (χ0n) is 7.22. The van der Waals surface area contributed by atoms with Gasteiger partial charge in [0, 0.05) is 11.8 Å². The Morgan fingerprint density at radius 3 is 2.14 bits per heavy atom. The van der Waals surface area contributed by atoms with Crippen LogP contribution in [-0.4, -0.2) is 14.7 Å². The lowest BCUT2D eigenvalue weighted by molar-refractivity contribution is 0.483. The summed E-state index contributed by atoms with van der Waals surface area (Å²) in [6.45, 7) is 0. The second-order valence-corrected chi connectivity index (χ2v) is 5.03. The van der Waals surface area contributed by atoms with Gasteiger partial charge in [-0.2, -0.15) is 0 Å². The van der Waals surface area contributed by atoms with Gasteiger partial charge in [0.25, 0.3) is 0 Å². The van der Waals surface area contributed by atoms with E-state index in [0.717, 1.165) is 6.26 Å². The van der Waals surface area contributed by atoms with E-state index in [2.05, 4.69) is 0 Å². The van der Waals surface area contributed by atoms with Crippen molar-refractivity contribution >= 4 is 9.84 Å². The first-order valence-electron chi connectivity index (χ1n) is 3.61. The van der Waals surface area contributed by atoms with E-state index in [1.54, 1.807) is 0 Å². The lowest BCUT2D eigenvalue weighted by Crippen LogP contribution is -2.06. The van der Waals surface area contributed by atoms with Crippen LogP contribution in [0.5, 0.6) is 0 Å². The molecule has 0 aliphatic heterocycles. The van der Waals surface area contributed by atoms with E-state index in [1.807, 2.05) is 0 Å². The van der Waals surface area contributed by atoms with Crippen LogP contribution < -0.4 is 0 Å². The maximum Gasteiger partial charge on any atom is 0.165 e. The van der Waals surface area contributed by atoms with Crippen LogP contribution in [0.4, 0.5) is 13.2 Å².